The van der Waals surface area contributed by atoms with Crippen LogP contribution in [-0.2, 0) is 22.4 Å². The van der Waals surface area contributed by atoms with Gasteiger partial charge in [0.25, 0.3) is 0 Å². The highest BCUT2D eigenvalue weighted by Crippen LogP contribution is 2.26. The molecule has 0 aromatic heterocycles. The number of ketones is 1. The summed E-state index contributed by atoms with van der Waals surface area (Å²) in [6.45, 7) is 9.94. The number of benzene rings is 2. The number of piperidine rings is 2. The molecule has 0 bridgehead atoms. The molecule has 4 aliphatic heterocycles. The molecule has 3 saturated heterocycles. The van der Waals surface area contributed by atoms with Crippen molar-refractivity contribution in [2.45, 2.75) is 141 Å². The van der Waals surface area contributed by atoms with Gasteiger partial charge in [0.15, 0.2) is 5.78 Å². The zero-order valence-corrected chi connectivity index (χ0v) is 33.6. The number of rotatable bonds is 13. The largest absolute Gasteiger partial charge is 0.465 e. The van der Waals surface area contributed by atoms with Gasteiger partial charge in [0.05, 0.1) is 18.8 Å². The Balaban J connectivity index is 0.000000392. The standard InChI is InChI=1S/C31H40N4O8.C12H25N/c1-19(37)25(16-20-6-8-23(9-7-20)42-28-17-26(38)29(39)27(18-36)43-28)33-30(40)34-13-11-22(12-14-34)35-15-10-21-4-2-3-5-24(21)32-31(35)41;1-3-8-12(9-4-2)13-10-6-5-7-11-13/h2-9,22,25-29,36,38-39H,10-18H2,1H3,(H,32,41)(H,33,40);12H,3-11H2,1-2H3/t25-,26?,27?,28?,29?;/m1./s1. The van der Waals surface area contributed by atoms with E-state index in [1.807, 2.05) is 29.2 Å². The second-order valence-electron chi connectivity index (χ2n) is 15.7. The molecule has 56 heavy (non-hydrogen) atoms. The number of amides is 4. The van der Waals surface area contributed by atoms with Crippen molar-refractivity contribution in [2.24, 2.45) is 0 Å². The molecule has 6 rings (SSSR count). The molecule has 0 saturated carbocycles. The lowest BCUT2D eigenvalue weighted by Crippen LogP contribution is -2.54. The highest BCUT2D eigenvalue weighted by molar-refractivity contribution is 5.91. The maximum Gasteiger partial charge on any atom is 0.322 e. The Morgan fingerprint density at radius 2 is 1.62 bits per heavy atom. The predicted molar refractivity (Wildman–Crippen MR) is 216 cm³/mol. The van der Waals surface area contributed by atoms with Gasteiger partial charge in [0.2, 0.25) is 6.29 Å². The van der Waals surface area contributed by atoms with Crippen molar-refractivity contribution in [3.8, 4) is 5.75 Å². The molecule has 4 heterocycles. The maximum atomic E-state index is 13.1. The van der Waals surface area contributed by atoms with Gasteiger partial charge in [-0.2, -0.15) is 0 Å². The molecular formula is C43H65N5O8. The quantitative estimate of drug-likeness (QED) is 0.186. The van der Waals surface area contributed by atoms with E-state index < -0.39 is 37.3 Å². The number of carbonyl (C=O) groups excluding carboxylic acids is 3. The molecule has 4 unspecified atom stereocenters. The van der Waals surface area contributed by atoms with Gasteiger partial charge in [-0.05, 0) is 101 Å². The molecule has 2 aromatic carbocycles. The number of Topliss-reactive ketones (excluding diaryl/α,β-unsaturated/α-hetero) is 1. The number of likely N-dealkylation sites (tertiary alicyclic amines) is 2. The summed E-state index contributed by atoms with van der Waals surface area (Å²) in [7, 11) is 0. The first-order chi connectivity index (χ1) is 27.1. The number of carbonyl (C=O) groups is 3. The monoisotopic (exact) mass is 779 g/mol. The Hall–Kier alpha value is -3.75. The number of ether oxygens (including phenoxy) is 2. The third-order valence-corrected chi connectivity index (χ3v) is 11.6. The van der Waals surface area contributed by atoms with E-state index in [9.17, 15) is 29.7 Å². The van der Waals surface area contributed by atoms with Crippen molar-refractivity contribution in [2.75, 3.05) is 44.6 Å². The molecule has 2 aromatic rings. The minimum atomic E-state index is -1.18. The lowest BCUT2D eigenvalue weighted by atomic mass is 10.0. The number of fused-ring (bicyclic) bond motifs is 1. The van der Waals surface area contributed by atoms with Crippen molar-refractivity contribution in [3.63, 3.8) is 0 Å². The van der Waals surface area contributed by atoms with Crippen molar-refractivity contribution in [1.29, 1.82) is 0 Å². The number of aliphatic hydroxyl groups is 3. The zero-order chi connectivity index (χ0) is 40.0. The fourth-order valence-electron chi connectivity index (χ4n) is 8.35. The Kier molecular flexibility index (Phi) is 16.8. The van der Waals surface area contributed by atoms with E-state index in [1.54, 1.807) is 29.2 Å². The van der Waals surface area contributed by atoms with Crippen LogP contribution in [0.5, 0.6) is 5.75 Å². The second-order valence-corrected chi connectivity index (χ2v) is 15.7. The SMILES string of the molecule is CC(=O)[C@@H](Cc1ccc(OC2CC(O)C(O)C(CO)O2)cc1)NC(=O)N1CCC(N2CCc3ccccc3NC2=O)CC1.CCCC(CCC)N1CCCCC1. The topological polar surface area (TPSA) is 164 Å². The number of hydrogen-bond acceptors (Lipinski definition) is 9. The molecule has 0 aliphatic carbocycles. The molecule has 0 radical (unpaired) electrons. The van der Waals surface area contributed by atoms with Crippen molar-refractivity contribution < 1.29 is 39.2 Å². The fourth-order valence-corrected chi connectivity index (χ4v) is 8.35. The Bertz CT molecular complexity index is 1520. The summed E-state index contributed by atoms with van der Waals surface area (Å²) in [5.74, 6) is 0.296. The zero-order valence-electron chi connectivity index (χ0n) is 33.6. The molecule has 5 atom stereocenters. The van der Waals surface area contributed by atoms with E-state index in [0.717, 1.165) is 29.3 Å². The molecule has 13 heteroatoms. The first-order valence-electron chi connectivity index (χ1n) is 20.9. The van der Waals surface area contributed by atoms with Crippen LogP contribution < -0.4 is 15.4 Å². The van der Waals surface area contributed by atoms with Crippen molar-refractivity contribution in [3.05, 3.63) is 59.7 Å². The highest BCUT2D eigenvalue weighted by atomic mass is 16.7. The van der Waals surface area contributed by atoms with Crippen LogP contribution in [0.1, 0.15) is 96.1 Å². The molecule has 5 N–H and O–H groups in total. The van der Waals surface area contributed by atoms with Gasteiger partial charge in [0, 0.05) is 43.8 Å². The van der Waals surface area contributed by atoms with Gasteiger partial charge < -0.3 is 50.1 Å². The Morgan fingerprint density at radius 1 is 0.946 bits per heavy atom. The third-order valence-electron chi connectivity index (χ3n) is 11.6. The Morgan fingerprint density at radius 3 is 2.27 bits per heavy atom. The number of anilines is 1. The predicted octanol–water partition coefficient (Wildman–Crippen LogP) is 5.10. The van der Waals surface area contributed by atoms with Gasteiger partial charge in [-0.3, -0.25) is 4.79 Å². The summed E-state index contributed by atoms with van der Waals surface area (Å²) >= 11 is 0. The number of aliphatic hydroxyl groups excluding tert-OH is 3. The minimum absolute atomic E-state index is 0.0320. The minimum Gasteiger partial charge on any atom is -0.465 e. The summed E-state index contributed by atoms with van der Waals surface area (Å²) in [4.78, 5) is 44.8. The second kappa shape index (κ2) is 21.7. The van der Waals surface area contributed by atoms with E-state index >= 15 is 0 Å². The van der Waals surface area contributed by atoms with E-state index in [-0.39, 0.29) is 30.3 Å². The van der Waals surface area contributed by atoms with Crippen LogP contribution in [0.25, 0.3) is 0 Å². The van der Waals surface area contributed by atoms with Crippen LogP contribution in [0.4, 0.5) is 15.3 Å². The van der Waals surface area contributed by atoms with Crippen LogP contribution in [0, 0.1) is 0 Å². The summed E-state index contributed by atoms with van der Waals surface area (Å²) < 4.78 is 11.3. The van der Waals surface area contributed by atoms with Gasteiger partial charge in [-0.25, -0.2) is 9.59 Å². The van der Waals surface area contributed by atoms with E-state index in [4.69, 9.17) is 9.47 Å². The van der Waals surface area contributed by atoms with Crippen molar-refractivity contribution in [1.82, 2.24) is 20.0 Å². The fraction of sp³-hybridized carbons (Fsp3) is 0.651. The molecule has 13 nitrogen and oxygen atoms in total. The number of nitrogens with zero attached hydrogens (tertiary/aromatic N) is 3. The molecular weight excluding hydrogens is 714 g/mol. The number of nitrogens with one attached hydrogen (secondary N) is 2. The number of hydrogen-bond donors (Lipinski definition) is 5. The average Bonchev–Trinajstić information content (AvgIpc) is 3.38. The third kappa shape index (κ3) is 12.1. The molecule has 310 valence electrons. The molecule has 4 amide bonds. The summed E-state index contributed by atoms with van der Waals surface area (Å²) in [5, 5.41) is 35.1. The van der Waals surface area contributed by atoms with Crippen LogP contribution >= 0.6 is 0 Å². The highest BCUT2D eigenvalue weighted by Gasteiger charge is 2.37. The average molecular weight is 780 g/mol. The molecule has 4 aliphatic rings. The van der Waals surface area contributed by atoms with Crippen LogP contribution in [0.15, 0.2) is 48.5 Å². The lowest BCUT2D eigenvalue weighted by molar-refractivity contribution is -0.229. The first kappa shape index (κ1) is 43.4. The summed E-state index contributed by atoms with van der Waals surface area (Å²) in [5.41, 5.74) is 2.77. The van der Waals surface area contributed by atoms with E-state index in [1.165, 1.54) is 65.0 Å². The van der Waals surface area contributed by atoms with E-state index in [2.05, 4.69) is 29.4 Å². The normalized spacial score (nSPS) is 23.9. The van der Waals surface area contributed by atoms with Gasteiger partial charge in [-0.1, -0.05) is 63.4 Å². The van der Waals surface area contributed by atoms with Gasteiger partial charge in [-0.15, -0.1) is 0 Å². The van der Waals surface area contributed by atoms with Crippen LogP contribution in [0.3, 0.4) is 0 Å². The van der Waals surface area contributed by atoms with Gasteiger partial charge >= 0.3 is 12.1 Å². The van der Waals surface area contributed by atoms with Crippen molar-refractivity contribution >= 4 is 23.5 Å². The summed E-state index contributed by atoms with van der Waals surface area (Å²) in [6, 6.07) is 14.6. The van der Waals surface area contributed by atoms with E-state index in [0.29, 0.717) is 44.6 Å². The smallest absolute Gasteiger partial charge is 0.322 e. The first-order valence-corrected chi connectivity index (χ1v) is 20.9. The lowest BCUT2D eigenvalue weighted by Gasteiger charge is -2.38. The van der Waals surface area contributed by atoms with Crippen LogP contribution in [-0.4, -0.2) is 130 Å². The number of urea groups is 2. The number of para-hydroxylation sites is 1. The molecule has 0 spiro atoms. The maximum absolute atomic E-state index is 13.1. The van der Waals surface area contributed by atoms with Gasteiger partial charge in [0.1, 0.15) is 18.0 Å². The van der Waals surface area contributed by atoms with Crippen LogP contribution in [0.2, 0.25) is 0 Å². The summed E-state index contributed by atoms with van der Waals surface area (Å²) in [6.07, 6.45) is 8.24. The molecule has 3 fully saturated rings. The Labute approximate surface area is 332 Å².